The van der Waals surface area contributed by atoms with Gasteiger partial charge >= 0.3 is 12.1 Å². The van der Waals surface area contributed by atoms with Gasteiger partial charge in [0.2, 0.25) is 0 Å². The van der Waals surface area contributed by atoms with E-state index in [-0.39, 0.29) is 13.2 Å². The van der Waals surface area contributed by atoms with Crippen LogP contribution in [-0.4, -0.2) is 24.7 Å². The van der Waals surface area contributed by atoms with Gasteiger partial charge in [0, 0.05) is 0 Å². The van der Waals surface area contributed by atoms with Gasteiger partial charge < -0.3 is 20.9 Å². The number of nitrogens with two attached hydrogens (primary N) is 2. The fourth-order valence-electron chi connectivity index (χ4n) is 1.08. The van der Waals surface area contributed by atoms with Crippen molar-refractivity contribution in [2.75, 3.05) is 6.61 Å². The number of hydrogen-bond donors (Lipinski definition) is 2. The number of carbonyl (C=O) groups excluding carboxylic acids is 2. The van der Waals surface area contributed by atoms with E-state index >= 15 is 0 Å². The van der Waals surface area contributed by atoms with Crippen molar-refractivity contribution in [3.05, 3.63) is 35.9 Å². The maximum absolute atomic E-state index is 11.3. The summed E-state index contributed by atoms with van der Waals surface area (Å²) in [5.41, 5.74) is 11.0. The summed E-state index contributed by atoms with van der Waals surface area (Å²) < 4.78 is 9.32. The van der Waals surface area contributed by atoms with Crippen LogP contribution in [0.5, 0.6) is 0 Å². The van der Waals surface area contributed by atoms with Crippen LogP contribution >= 0.6 is 0 Å². The van der Waals surface area contributed by atoms with E-state index in [1.54, 1.807) is 0 Å². The average molecular weight is 238 g/mol. The van der Waals surface area contributed by atoms with E-state index in [2.05, 4.69) is 4.74 Å². The molecule has 0 radical (unpaired) electrons. The normalized spacial score (nSPS) is 11.6. The molecule has 0 aliphatic heterocycles. The summed E-state index contributed by atoms with van der Waals surface area (Å²) in [5.74, 6) is -0.643. The second-order valence-corrected chi connectivity index (χ2v) is 3.33. The minimum Gasteiger partial charge on any atom is -0.460 e. The molecule has 0 fully saturated rings. The molecule has 0 aliphatic rings. The summed E-state index contributed by atoms with van der Waals surface area (Å²) in [4.78, 5) is 21.6. The third-order valence-electron chi connectivity index (χ3n) is 1.93. The Hall–Kier alpha value is -2.08. The van der Waals surface area contributed by atoms with Gasteiger partial charge in [0.15, 0.2) is 0 Å². The molecule has 0 aromatic heterocycles. The first-order chi connectivity index (χ1) is 8.09. The number of carbonyl (C=O) groups is 2. The van der Waals surface area contributed by atoms with Crippen LogP contribution < -0.4 is 11.5 Å². The average Bonchev–Trinajstić information content (AvgIpc) is 2.34. The lowest BCUT2D eigenvalue weighted by atomic mass is 10.2. The van der Waals surface area contributed by atoms with Crippen molar-refractivity contribution >= 4 is 12.1 Å². The molecule has 0 spiro atoms. The molecule has 1 rings (SSSR count). The predicted molar refractivity (Wildman–Crippen MR) is 59.7 cm³/mol. The summed E-state index contributed by atoms with van der Waals surface area (Å²) in [7, 11) is 0. The second-order valence-electron chi connectivity index (χ2n) is 3.33. The van der Waals surface area contributed by atoms with Gasteiger partial charge in [0.05, 0.1) is 0 Å². The SMILES string of the molecule is NC(=O)OC[C@H](N)C(=O)OCc1ccccc1. The number of ether oxygens (including phenoxy) is 2. The molecule has 17 heavy (non-hydrogen) atoms. The highest BCUT2D eigenvalue weighted by molar-refractivity contribution is 5.76. The Kier molecular flexibility index (Phi) is 4.96. The largest absolute Gasteiger partial charge is 0.460 e. The van der Waals surface area contributed by atoms with E-state index in [0.29, 0.717) is 0 Å². The zero-order valence-corrected chi connectivity index (χ0v) is 9.17. The van der Waals surface area contributed by atoms with Crippen LogP contribution in [0.25, 0.3) is 0 Å². The van der Waals surface area contributed by atoms with Crippen LogP contribution in [0.15, 0.2) is 30.3 Å². The third-order valence-corrected chi connectivity index (χ3v) is 1.93. The van der Waals surface area contributed by atoms with Crippen molar-refractivity contribution in [1.29, 1.82) is 0 Å². The van der Waals surface area contributed by atoms with Gasteiger partial charge in [-0.3, -0.25) is 4.79 Å². The predicted octanol–water partition coefficient (Wildman–Crippen LogP) is 0.152. The van der Waals surface area contributed by atoms with Crippen molar-refractivity contribution in [3.8, 4) is 0 Å². The molecule has 0 unspecified atom stereocenters. The summed E-state index contributed by atoms with van der Waals surface area (Å²) in [5, 5.41) is 0. The first-order valence-electron chi connectivity index (χ1n) is 4.98. The van der Waals surface area contributed by atoms with Crippen molar-refractivity contribution < 1.29 is 19.1 Å². The van der Waals surface area contributed by atoms with Crippen LogP contribution in [0.3, 0.4) is 0 Å². The highest BCUT2D eigenvalue weighted by atomic mass is 16.6. The van der Waals surface area contributed by atoms with Crippen LogP contribution in [0.1, 0.15) is 5.56 Å². The third kappa shape index (κ3) is 4.98. The summed E-state index contributed by atoms with van der Waals surface area (Å²) >= 11 is 0. The van der Waals surface area contributed by atoms with Crippen LogP contribution in [0, 0.1) is 0 Å². The first kappa shape index (κ1) is 13.0. The number of primary amides is 1. The number of benzene rings is 1. The Balaban J connectivity index is 2.32. The Bertz CT molecular complexity index is 380. The highest BCUT2D eigenvalue weighted by Crippen LogP contribution is 2.01. The maximum Gasteiger partial charge on any atom is 0.404 e. The minimum absolute atomic E-state index is 0.129. The van der Waals surface area contributed by atoms with Gasteiger partial charge in [-0.2, -0.15) is 0 Å². The molecule has 0 bridgehead atoms. The monoisotopic (exact) mass is 238 g/mol. The molecule has 1 atom stereocenters. The zero-order valence-electron chi connectivity index (χ0n) is 9.17. The lowest BCUT2D eigenvalue weighted by molar-refractivity contribution is -0.147. The summed E-state index contributed by atoms with van der Waals surface area (Å²) in [6, 6.07) is 8.14. The quantitative estimate of drug-likeness (QED) is 0.710. The molecular formula is C11H14N2O4. The molecule has 0 saturated heterocycles. The fraction of sp³-hybridized carbons (Fsp3) is 0.273. The molecule has 0 heterocycles. The van der Waals surface area contributed by atoms with Crippen molar-refractivity contribution in [3.63, 3.8) is 0 Å². The molecule has 4 N–H and O–H groups in total. The van der Waals surface area contributed by atoms with E-state index in [4.69, 9.17) is 16.2 Å². The molecular weight excluding hydrogens is 224 g/mol. The Labute approximate surface area is 98.5 Å². The second kappa shape index (κ2) is 6.49. The highest BCUT2D eigenvalue weighted by Gasteiger charge is 2.16. The van der Waals surface area contributed by atoms with Crippen LogP contribution in [0.4, 0.5) is 4.79 Å². The van der Waals surface area contributed by atoms with E-state index in [0.717, 1.165) is 5.56 Å². The Morgan fingerprint density at radius 1 is 1.18 bits per heavy atom. The van der Waals surface area contributed by atoms with Gasteiger partial charge in [0.25, 0.3) is 0 Å². The number of rotatable bonds is 5. The van der Waals surface area contributed by atoms with E-state index < -0.39 is 18.1 Å². The molecule has 0 saturated carbocycles. The number of esters is 1. The maximum atomic E-state index is 11.3. The first-order valence-corrected chi connectivity index (χ1v) is 4.98. The Morgan fingerprint density at radius 3 is 2.41 bits per heavy atom. The van der Waals surface area contributed by atoms with Crippen LogP contribution in [-0.2, 0) is 20.9 Å². The Morgan fingerprint density at radius 2 is 1.82 bits per heavy atom. The molecule has 6 heteroatoms. The molecule has 1 aromatic rings. The fourth-order valence-corrected chi connectivity index (χ4v) is 1.08. The van der Waals surface area contributed by atoms with Gasteiger partial charge in [-0.15, -0.1) is 0 Å². The summed E-state index contributed by atoms with van der Waals surface area (Å²) in [6.07, 6.45) is -0.976. The van der Waals surface area contributed by atoms with Gasteiger partial charge in [-0.25, -0.2) is 4.79 Å². The van der Waals surface area contributed by atoms with Crippen molar-refractivity contribution in [2.45, 2.75) is 12.6 Å². The number of amides is 1. The molecule has 1 aromatic carbocycles. The molecule has 92 valence electrons. The topological polar surface area (TPSA) is 105 Å². The van der Waals surface area contributed by atoms with Gasteiger partial charge in [-0.05, 0) is 5.56 Å². The van der Waals surface area contributed by atoms with E-state index in [9.17, 15) is 9.59 Å². The smallest absolute Gasteiger partial charge is 0.404 e. The molecule has 1 amide bonds. The molecule has 6 nitrogen and oxygen atoms in total. The van der Waals surface area contributed by atoms with Gasteiger partial charge in [0.1, 0.15) is 19.3 Å². The number of hydrogen-bond acceptors (Lipinski definition) is 5. The van der Waals surface area contributed by atoms with E-state index in [1.807, 2.05) is 30.3 Å². The lowest BCUT2D eigenvalue weighted by Gasteiger charge is -2.10. The lowest BCUT2D eigenvalue weighted by Crippen LogP contribution is -2.38. The minimum atomic E-state index is -1.02. The zero-order chi connectivity index (χ0) is 12.7. The van der Waals surface area contributed by atoms with Crippen LogP contribution in [0.2, 0.25) is 0 Å². The summed E-state index contributed by atoms with van der Waals surface area (Å²) in [6.45, 7) is -0.160. The van der Waals surface area contributed by atoms with E-state index in [1.165, 1.54) is 0 Å². The van der Waals surface area contributed by atoms with Crippen molar-refractivity contribution in [1.82, 2.24) is 0 Å². The standard InChI is InChI=1S/C11H14N2O4/c12-9(7-17-11(13)15)10(14)16-6-8-4-2-1-3-5-8/h1-5,9H,6-7,12H2,(H2,13,15)/t9-/m0/s1. The van der Waals surface area contributed by atoms with Gasteiger partial charge in [-0.1, -0.05) is 30.3 Å². The van der Waals surface area contributed by atoms with Crippen molar-refractivity contribution in [2.24, 2.45) is 11.5 Å². The molecule has 0 aliphatic carbocycles.